The second-order valence-corrected chi connectivity index (χ2v) is 6.13. The fraction of sp³-hybridized carbons (Fsp3) is 0.385. The van der Waals surface area contributed by atoms with Crippen LogP contribution in [-0.4, -0.2) is 34.0 Å². The van der Waals surface area contributed by atoms with Crippen molar-refractivity contribution < 1.29 is 14.7 Å². The number of halogens is 1. The molecule has 0 atom stereocenters. The van der Waals surface area contributed by atoms with Gasteiger partial charge in [-0.2, -0.15) is 11.8 Å². The van der Waals surface area contributed by atoms with E-state index in [2.05, 4.69) is 5.32 Å². The molecule has 0 unspecified atom stereocenters. The summed E-state index contributed by atoms with van der Waals surface area (Å²) in [6, 6.07) is 6.49. The van der Waals surface area contributed by atoms with Gasteiger partial charge in [0.2, 0.25) is 0 Å². The first-order chi connectivity index (χ1) is 9.03. The van der Waals surface area contributed by atoms with Crippen molar-refractivity contribution in [3.63, 3.8) is 0 Å². The van der Waals surface area contributed by atoms with Crippen LogP contribution in [0.2, 0.25) is 5.02 Å². The third kappa shape index (κ3) is 3.22. The lowest BCUT2D eigenvalue weighted by atomic mass is 9.92. The van der Waals surface area contributed by atoms with Crippen molar-refractivity contribution in [2.45, 2.75) is 18.4 Å². The Hall–Kier alpha value is -1.20. The monoisotopic (exact) mass is 299 g/mol. The molecule has 1 aliphatic rings. The highest BCUT2D eigenvalue weighted by Gasteiger charge is 2.41. The fourth-order valence-corrected chi connectivity index (χ4v) is 3.41. The molecule has 4 nitrogen and oxygen atoms in total. The van der Waals surface area contributed by atoms with E-state index in [0.717, 1.165) is 11.5 Å². The molecule has 0 saturated carbocycles. The Balaban J connectivity index is 2.18. The maximum atomic E-state index is 12.1. The van der Waals surface area contributed by atoms with Crippen molar-refractivity contribution in [2.75, 3.05) is 11.5 Å². The summed E-state index contributed by atoms with van der Waals surface area (Å²) < 4.78 is 0. The van der Waals surface area contributed by atoms with Crippen LogP contribution in [0.3, 0.4) is 0 Å². The number of aliphatic carboxylic acids is 1. The number of carboxylic acids is 1. The van der Waals surface area contributed by atoms with E-state index in [1.165, 1.54) is 6.07 Å². The van der Waals surface area contributed by atoms with Crippen LogP contribution >= 0.6 is 23.4 Å². The Bertz CT molecular complexity index is 500. The molecule has 0 spiro atoms. The first-order valence-electron chi connectivity index (χ1n) is 5.93. The first kappa shape index (κ1) is 14.2. The number of nitrogens with one attached hydrogen (secondary N) is 1. The van der Waals surface area contributed by atoms with Gasteiger partial charge in [0.1, 0.15) is 5.54 Å². The van der Waals surface area contributed by atoms with E-state index in [1.807, 2.05) is 0 Å². The summed E-state index contributed by atoms with van der Waals surface area (Å²) in [6.07, 6.45) is 0.888. The number of amides is 1. The summed E-state index contributed by atoms with van der Waals surface area (Å²) >= 11 is 7.53. The predicted molar refractivity (Wildman–Crippen MR) is 75.8 cm³/mol. The van der Waals surface area contributed by atoms with Crippen molar-refractivity contribution in [3.8, 4) is 0 Å². The second-order valence-electron chi connectivity index (χ2n) is 4.46. The van der Waals surface area contributed by atoms with Crippen LogP contribution in [0, 0.1) is 0 Å². The maximum Gasteiger partial charge on any atom is 0.329 e. The van der Waals surface area contributed by atoms with Crippen LogP contribution in [0.5, 0.6) is 0 Å². The molecule has 1 aromatic rings. The van der Waals surface area contributed by atoms with Crippen LogP contribution in [0.25, 0.3) is 0 Å². The van der Waals surface area contributed by atoms with E-state index in [4.69, 9.17) is 11.6 Å². The lowest BCUT2D eigenvalue weighted by Crippen LogP contribution is -2.56. The van der Waals surface area contributed by atoms with Gasteiger partial charge < -0.3 is 10.4 Å². The molecule has 1 aliphatic heterocycles. The number of hydrogen-bond acceptors (Lipinski definition) is 3. The molecule has 2 N–H and O–H groups in total. The number of carbonyl (C=O) groups is 2. The SMILES string of the molecule is O=C(NC1(C(=O)O)CCSCC1)c1cccc(Cl)c1. The van der Waals surface area contributed by atoms with Crippen LogP contribution in [-0.2, 0) is 4.79 Å². The minimum Gasteiger partial charge on any atom is -0.480 e. The molecule has 19 heavy (non-hydrogen) atoms. The molecule has 0 bridgehead atoms. The molecule has 1 aromatic carbocycles. The summed E-state index contributed by atoms with van der Waals surface area (Å²) in [4.78, 5) is 23.6. The molecular weight excluding hydrogens is 286 g/mol. The van der Waals surface area contributed by atoms with E-state index >= 15 is 0 Å². The molecule has 2 rings (SSSR count). The normalized spacial score (nSPS) is 17.7. The van der Waals surface area contributed by atoms with Gasteiger partial charge in [0.25, 0.3) is 5.91 Å². The van der Waals surface area contributed by atoms with Gasteiger partial charge in [-0.25, -0.2) is 4.79 Å². The topological polar surface area (TPSA) is 66.4 Å². The molecule has 1 saturated heterocycles. The number of carbonyl (C=O) groups excluding carboxylic acids is 1. The average molecular weight is 300 g/mol. The zero-order valence-electron chi connectivity index (χ0n) is 10.2. The number of thioether (sulfide) groups is 1. The highest BCUT2D eigenvalue weighted by Crippen LogP contribution is 2.28. The molecule has 0 radical (unpaired) electrons. The van der Waals surface area contributed by atoms with Crippen molar-refractivity contribution >= 4 is 35.2 Å². The van der Waals surface area contributed by atoms with Gasteiger partial charge in [-0.15, -0.1) is 0 Å². The Morgan fingerprint density at radius 1 is 1.32 bits per heavy atom. The molecule has 0 aliphatic carbocycles. The first-order valence-corrected chi connectivity index (χ1v) is 7.46. The highest BCUT2D eigenvalue weighted by molar-refractivity contribution is 7.99. The Kier molecular flexibility index (Phi) is 4.37. The summed E-state index contributed by atoms with van der Waals surface area (Å²) in [5.74, 6) is 0.115. The Labute approximate surface area is 120 Å². The maximum absolute atomic E-state index is 12.1. The van der Waals surface area contributed by atoms with Crippen LogP contribution in [0.15, 0.2) is 24.3 Å². The minimum absolute atomic E-state index is 0.381. The van der Waals surface area contributed by atoms with E-state index in [1.54, 1.807) is 30.0 Å². The van der Waals surface area contributed by atoms with Gasteiger partial charge in [-0.3, -0.25) is 4.79 Å². The number of carboxylic acid groups (broad SMARTS) is 1. The predicted octanol–water partition coefficient (Wildman–Crippen LogP) is 2.42. The third-order valence-corrected chi connectivity index (χ3v) is 4.42. The molecule has 1 amide bonds. The van der Waals surface area contributed by atoms with Crippen LogP contribution in [0.4, 0.5) is 0 Å². The van der Waals surface area contributed by atoms with Gasteiger partial charge >= 0.3 is 5.97 Å². The van der Waals surface area contributed by atoms with E-state index < -0.39 is 17.4 Å². The van der Waals surface area contributed by atoms with Gasteiger partial charge in [-0.1, -0.05) is 17.7 Å². The second kappa shape index (κ2) is 5.84. The quantitative estimate of drug-likeness (QED) is 0.899. The molecule has 0 aromatic heterocycles. The molecule has 1 fully saturated rings. The van der Waals surface area contributed by atoms with Crippen molar-refractivity contribution in [2.24, 2.45) is 0 Å². The van der Waals surface area contributed by atoms with E-state index in [0.29, 0.717) is 23.4 Å². The zero-order valence-corrected chi connectivity index (χ0v) is 11.8. The van der Waals surface area contributed by atoms with Gasteiger partial charge in [0, 0.05) is 10.6 Å². The zero-order chi connectivity index (χ0) is 13.9. The van der Waals surface area contributed by atoms with Crippen molar-refractivity contribution in [1.29, 1.82) is 0 Å². The van der Waals surface area contributed by atoms with Crippen LogP contribution < -0.4 is 5.32 Å². The van der Waals surface area contributed by atoms with Crippen LogP contribution in [0.1, 0.15) is 23.2 Å². The lowest BCUT2D eigenvalue weighted by molar-refractivity contribution is -0.144. The van der Waals surface area contributed by atoms with E-state index in [-0.39, 0.29) is 0 Å². The van der Waals surface area contributed by atoms with Gasteiger partial charge in [-0.05, 0) is 42.5 Å². The highest BCUT2D eigenvalue weighted by atomic mass is 35.5. The smallest absolute Gasteiger partial charge is 0.329 e. The van der Waals surface area contributed by atoms with Gasteiger partial charge in [0.15, 0.2) is 0 Å². The number of benzene rings is 1. The lowest BCUT2D eigenvalue weighted by Gasteiger charge is -2.33. The van der Waals surface area contributed by atoms with Gasteiger partial charge in [0.05, 0.1) is 0 Å². The summed E-state index contributed by atoms with van der Waals surface area (Å²) in [5.41, 5.74) is -0.767. The Morgan fingerprint density at radius 2 is 2.00 bits per heavy atom. The van der Waals surface area contributed by atoms with Crippen molar-refractivity contribution in [3.05, 3.63) is 34.9 Å². The number of hydrogen-bond donors (Lipinski definition) is 2. The molecule has 6 heteroatoms. The molecule has 102 valence electrons. The van der Waals surface area contributed by atoms with E-state index in [9.17, 15) is 14.7 Å². The average Bonchev–Trinajstić information content (AvgIpc) is 2.39. The largest absolute Gasteiger partial charge is 0.480 e. The summed E-state index contributed by atoms with van der Waals surface area (Å²) in [7, 11) is 0. The van der Waals surface area contributed by atoms with Crippen molar-refractivity contribution in [1.82, 2.24) is 5.32 Å². The summed E-state index contributed by atoms with van der Waals surface area (Å²) in [5, 5.41) is 12.5. The number of rotatable bonds is 3. The fourth-order valence-electron chi connectivity index (χ4n) is 2.03. The Morgan fingerprint density at radius 3 is 2.58 bits per heavy atom. The third-order valence-electron chi connectivity index (χ3n) is 3.20. The minimum atomic E-state index is -1.15. The molecule has 1 heterocycles. The molecular formula is C13H14ClNO3S. The standard InChI is InChI=1S/C13H14ClNO3S/c14-10-3-1-2-9(8-10)11(16)15-13(12(17)18)4-6-19-7-5-13/h1-3,8H,4-7H2,(H,15,16)(H,17,18). The summed E-state index contributed by atoms with van der Waals surface area (Å²) in [6.45, 7) is 0.